The van der Waals surface area contributed by atoms with Crippen molar-refractivity contribution in [3.8, 4) is 0 Å². The van der Waals surface area contributed by atoms with E-state index in [4.69, 9.17) is 4.74 Å². The maximum atomic E-state index is 5.29. The van der Waals surface area contributed by atoms with Crippen molar-refractivity contribution in [1.29, 1.82) is 0 Å². The molecule has 0 aliphatic heterocycles. The van der Waals surface area contributed by atoms with E-state index < -0.39 is 0 Å². The predicted molar refractivity (Wildman–Crippen MR) is 58.8 cm³/mol. The first-order chi connectivity index (χ1) is 6.35. The zero-order chi connectivity index (χ0) is 9.94. The highest BCUT2D eigenvalue weighted by molar-refractivity contribution is 5.16. The molecule has 0 bridgehead atoms. The molecule has 0 spiro atoms. The Kier molecular flexibility index (Phi) is 8.68. The van der Waals surface area contributed by atoms with Crippen LogP contribution in [0.15, 0.2) is 36.5 Å². The van der Waals surface area contributed by atoms with Gasteiger partial charge < -0.3 is 4.74 Å². The highest BCUT2D eigenvalue weighted by atomic mass is 16.5. The predicted octanol–water partition coefficient (Wildman–Crippen LogP) is 3.49. The van der Waals surface area contributed by atoms with Crippen molar-refractivity contribution in [2.24, 2.45) is 0 Å². The Morgan fingerprint density at radius 3 is 2.69 bits per heavy atom. The molecule has 0 saturated carbocycles. The van der Waals surface area contributed by atoms with Crippen LogP contribution in [-0.4, -0.2) is 13.2 Å². The molecule has 0 aromatic carbocycles. The number of allylic oxidation sites excluding steroid dienone is 4. The van der Waals surface area contributed by atoms with E-state index in [1.54, 1.807) is 6.08 Å². The summed E-state index contributed by atoms with van der Waals surface area (Å²) in [7, 11) is 0. The molecule has 13 heavy (non-hydrogen) atoms. The van der Waals surface area contributed by atoms with Gasteiger partial charge in [-0.3, -0.25) is 0 Å². The molecule has 0 aromatic heterocycles. The van der Waals surface area contributed by atoms with Gasteiger partial charge >= 0.3 is 0 Å². The number of hydrogen-bond acceptors (Lipinski definition) is 1. The Morgan fingerprint density at radius 1 is 1.38 bits per heavy atom. The van der Waals surface area contributed by atoms with Gasteiger partial charge in [0.25, 0.3) is 0 Å². The molecule has 0 aliphatic carbocycles. The summed E-state index contributed by atoms with van der Waals surface area (Å²) in [5, 5.41) is 0. The molecular formula is C12H20O. The van der Waals surface area contributed by atoms with E-state index in [0.29, 0.717) is 6.61 Å². The minimum Gasteiger partial charge on any atom is -0.377 e. The van der Waals surface area contributed by atoms with Gasteiger partial charge in [-0.1, -0.05) is 29.9 Å². The van der Waals surface area contributed by atoms with Gasteiger partial charge in [0.15, 0.2) is 0 Å². The molecule has 0 atom stereocenters. The van der Waals surface area contributed by atoms with Crippen molar-refractivity contribution < 1.29 is 4.74 Å². The van der Waals surface area contributed by atoms with E-state index in [-0.39, 0.29) is 0 Å². The topological polar surface area (TPSA) is 9.23 Å². The summed E-state index contributed by atoms with van der Waals surface area (Å²) in [4.78, 5) is 0. The lowest BCUT2D eigenvalue weighted by atomic mass is 10.1. The molecule has 1 nitrogen and oxygen atoms in total. The zero-order valence-electron chi connectivity index (χ0n) is 8.75. The lowest BCUT2D eigenvalue weighted by Gasteiger charge is -2.02. The molecule has 0 aliphatic rings. The number of ether oxygens (including phenoxy) is 1. The van der Waals surface area contributed by atoms with Gasteiger partial charge in [-0.05, 0) is 26.7 Å². The van der Waals surface area contributed by atoms with Gasteiger partial charge in [-0.15, -0.1) is 6.58 Å². The smallest absolute Gasteiger partial charge is 0.0644 e. The maximum Gasteiger partial charge on any atom is 0.0644 e. The van der Waals surface area contributed by atoms with E-state index in [9.17, 15) is 0 Å². The summed E-state index contributed by atoms with van der Waals surface area (Å²) >= 11 is 0. The van der Waals surface area contributed by atoms with Crippen molar-refractivity contribution in [1.82, 2.24) is 0 Å². The SMILES string of the molecule is C=CCOCCCC(/C=C\C)=C/C. The van der Waals surface area contributed by atoms with Gasteiger partial charge in [0.1, 0.15) is 0 Å². The van der Waals surface area contributed by atoms with Gasteiger partial charge in [0.05, 0.1) is 6.61 Å². The highest BCUT2D eigenvalue weighted by Crippen LogP contribution is 2.06. The summed E-state index contributed by atoms with van der Waals surface area (Å²) in [6.45, 7) is 9.18. The van der Waals surface area contributed by atoms with Crippen LogP contribution in [0.25, 0.3) is 0 Å². The Morgan fingerprint density at radius 2 is 2.15 bits per heavy atom. The highest BCUT2D eigenvalue weighted by Gasteiger charge is 1.91. The third-order valence-electron chi connectivity index (χ3n) is 1.74. The van der Waals surface area contributed by atoms with Gasteiger partial charge in [0.2, 0.25) is 0 Å². The van der Waals surface area contributed by atoms with Gasteiger partial charge in [0, 0.05) is 6.61 Å². The van der Waals surface area contributed by atoms with E-state index in [1.807, 2.05) is 6.92 Å². The second-order valence-corrected chi connectivity index (χ2v) is 2.83. The molecule has 0 aromatic rings. The fourth-order valence-corrected chi connectivity index (χ4v) is 1.08. The zero-order valence-corrected chi connectivity index (χ0v) is 8.75. The van der Waals surface area contributed by atoms with Crippen LogP contribution >= 0.6 is 0 Å². The molecule has 0 amide bonds. The minimum atomic E-state index is 0.661. The molecule has 0 rings (SSSR count). The third kappa shape index (κ3) is 7.54. The van der Waals surface area contributed by atoms with Crippen LogP contribution in [0.2, 0.25) is 0 Å². The van der Waals surface area contributed by atoms with Crippen molar-refractivity contribution in [3.63, 3.8) is 0 Å². The number of hydrogen-bond donors (Lipinski definition) is 0. The molecule has 0 unspecified atom stereocenters. The van der Waals surface area contributed by atoms with Crippen LogP contribution in [0.3, 0.4) is 0 Å². The maximum absolute atomic E-state index is 5.29. The molecule has 0 radical (unpaired) electrons. The third-order valence-corrected chi connectivity index (χ3v) is 1.74. The van der Waals surface area contributed by atoms with Gasteiger partial charge in [-0.2, -0.15) is 0 Å². The minimum absolute atomic E-state index is 0.661. The average molecular weight is 180 g/mol. The molecule has 0 N–H and O–H groups in total. The number of rotatable bonds is 7. The summed E-state index contributed by atoms with van der Waals surface area (Å²) in [6, 6.07) is 0. The summed E-state index contributed by atoms with van der Waals surface area (Å²) in [6.07, 6.45) is 10.3. The Labute approximate surface area is 81.8 Å². The first kappa shape index (κ1) is 12.2. The Balaban J connectivity index is 3.45. The molecule has 1 heteroatoms. The fraction of sp³-hybridized carbons (Fsp3) is 0.500. The van der Waals surface area contributed by atoms with E-state index >= 15 is 0 Å². The lowest BCUT2D eigenvalue weighted by Crippen LogP contribution is -1.94. The van der Waals surface area contributed by atoms with Crippen LogP contribution < -0.4 is 0 Å². The Bertz CT molecular complexity index is 178. The standard InChI is InChI=1S/C12H20O/c1-4-8-12(6-3)9-7-11-13-10-5-2/h4-6,8H,2,7,9-11H2,1,3H3/b8-4-,12-6+. The first-order valence-electron chi connectivity index (χ1n) is 4.81. The van der Waals surface area contributed by atoms with Crippen LogP contribution in [-0.2, 0) is 4.74 Å². The summed E-state index contributed by atoms with van der Waals surface area (Å²) < 4.78 is 5.29. The normalized spacial score (nSPS) is 12.3. The summed E-state index contributed by atoms with van der Waals surface area (Å²) in [5.41, 5.74) is 1.38. The molecular weight excluding hydrogens is 160 g/mol. The van der Waals surface area contributed by atoms with Crippen LogP contribution in [0.5, 0.6) is 0 Å². The molecule has 0 fully saturated rings. The fourth-order valence-electron chi connectivity index (χ4n) is 1.08. The van der Waals surface area contributed by atoms with E-state index in [2.05, 4.69) is 31.7 Å². The molecule has 74 valence electrons. The van der Waals surface area contributed by atoms with E-state index in [0.717, 1.165) is 19.4 Å². The average Bonchev–Trinajstić information content (AvgIpc) is 2.16. The van der Waals surface area contributed by atoms with Crippen LogP contribution in [0, 0.1) is 0 Å². The van der Waals surface area contributed by atoms with Crippen LogP contribution in [0.4, 0.5) is 0 Å². The quantitative estimate of drug-likeness (QED) is 0.331. The first-order valence-corrected chi connectivity index (χ1v) is 4.81. The summed E-state index contributed by atoms with van der Waals surface area (Å²) in [5.74, 6) is 0. The van der Waals surface area contributed by atoms with Crippen LogP contribution in [0.1, 0.15) is 26.7 Å². The lowest BCUT2D eigenvalue weighted by molar-refractivity contribution is 0.160. The van der Waals surface area contributed by atoms with E-state index in [1.165, 1.54) is 5.57 Å². The largest absolute Gasteiger partial charge is 0.377 e. The van der Waals surface area contributed by atoms with Crippen molar-refractivity contribution in [2.45, 2.75) is 26.7 Å². The van der Waals surface area contributed by atoms with Crippen molar-refractivity contribution in [2.75, 3.05) is 13.2 Å². The van der Waals surface area contributed by atoms with Crippen molar-refractivity contribution >= 4 is 0 Å². The van der Waals surface area contributed by atoms with Crippen molar-refractivity contribution in [3.05, 3.63) is 36.5 Å². The second kappa shape index (κ2) is 9.27. The molecule has 0 heterocycles. The second-order valence-electron chi connectivity index (χ2n) is 2.83. The monoisotopic (exact) mass is 180 g/mol. The molecule has 0 saturated heterocycles. The van der Waals surface area contributed by atoms with Gasteiger partial charge in [-0.25, -0.2) is 0 Å². The Hall–Kier alpha value is -0.820.